The molecule has 1 rings (SSSR count). The van der Waals surface area contributed by atoms with Gasteiger partial charge in [0, 0.05) is 6.42 Å². The van der Waals surface area contributed by atoms with Crippen LogP contribution in [-0.4, -0.2) is 34.4 Å². The van der Waals surface area contributed by atoms with Crippen LogP contribution in [0.3, 0.4) is 0 Å². The van der Waals surface area contributed by atoms with Gasteiger partial charge in [0.2, 0.25) is 0 Å². The summed E-state index contributed by atoms with van der Waals surface area (Å²) in [5.74, 6) is -1.87. The third-order valence-corrected chi connectivity index (χ3v) is 4.39. The van der Waals surface area contributed by atoms with Gasteiger partial charge in [-0.15, -0.1) is 0 Å². The lowest BCUT2D eigenvalue weighted by Gasteiger charge is -2.14. The molecule has 0 aliphatic carbocycles. The number of aromatic hydroxyl groups is 1. The number of nitrogens with one attached hydrogen (secondary N) is 1. The largest absolute Gasteiger partial charge is 0.508 e. The highest BCUT2D eigenvalue weighted by Crippen LogP contribution is 2.17. The Morgan fingerprint density at radius 1 is 1.24 bits per heavy atom. The fraction of sp³-hybridized carbons (Fsp3) is 0.154. The van der Waals surface area contributed by atoms with Crippen molar-refractivity contribution < 1.29 is 24.6 Å². The summed E-state index contributed by atoms with van der Waals surface area (Å²) in [6.45, 7) is 0. The minimum absolute atomic E-state index is 0.0197. The summed E-state index contributed by atoms with van der Waals surface area (Å²) in [5, 5.41) is 20.6. The van der Waals surface area contributed by atoms with Crippen LogP contribution in [0.4, 0.5) is 0 Å². The van der Waals surface area contributed by atoms with Crippen molar-refractivity contribution in [2.24, 2.45) is 0 Å². The van der Waals surface area contributed by atoms with Crippen LogP contribution >= 0.6 is 31.9 Å². The van der Waals surface area contributed by atoms with E-state index in [2.05, 4.69) is 37.2 Å². The van der Waals surface area contributed by atoms with Gasteiger partial charge in [-0.1, -0.05) is 12.1 Å². The summed E-state index contributed by atoms with van der Waals surface area (Å²) in [6.07, 6.45) is 0.458. The quantitative estimate of drug-likeness (QED) is 0.480. The number of rotatable bonds is 6. The molecule has 6 nitrogen and oxygen atoms in total. The normalized spacial score (nSPS) is 13.0. The number of aldehydes is 1. The zero-order chi connectivity index (χ0) is 16.0. The van der Waals surface area contributed by atoms with E-state index in [-0.39, 0.29) is 21.1 Å². The Balaban J connectivity index is 2.84. The molecule has 1 aromatic carbocycles. The van der Waals surface area contributed by atoms with Gasteiger partial charge in [0.05, 0.1) is 8.96 Å². The van der Waals surface area contributed by atoms with Crippen LogP contribution < -0.4 is 5.32 Å². The van der Waals surface area contributed by atoms with E-state index in [0.29, 0.717) is 11.8 Å². The molecule has 1 unspecified atom stereocenters. The van der Waals surface area contributed by atoms with E-state index in [9.17, 15) is 14.4 Å². The van der Waals surface area contributed by atoms with E-state index >= 15 is 0 Å². The first-order valence-electron chi connectivity index (χ1n) is 5.67. The molecule has 0 aromatic heterocycles. The number of phenolic OH excluding ortho intramolecular Hbond substituents is 1. The molecule has 0 aliphatic heterocycles. The second kappa shape index (κ2) is 7.94. The maximum absolute atomic E-state index is 11.8. The molecule has 21 heavy (non-hydrogen) atoms. The number of aliphatic carboxylic acids is 1. The number of allylic oxidation sites excluding steroid dienone is 1. The number of amides is 1. The third kappa shape index (κ3) is 5.31. The van der Waals surface area contributed by atoms with E-state index in [4.69, 9.17) is 10.2 Å². The fourth-order valence-corrected chi connectivity index (χ4v) is 1.84. The van der Waals surface area contributed by atoms with E-state index in [1.165, 1.54) is 12.1 Å². The predicted molar refractivity (Wildman–Crippen MR) is 82.3 cm³/mol. The summed E-state index contributed by atoms with van der Waals surface area (Å²) >= 11 is 5.78. The molecule has 0 saturated heterocycles. The van der Waals surface area contributed by atoms with Crippen LogP contribution in [0.5, 0.6) is 5.75 Å². The molecule has 0 saturated carbocycles. The Bertz CT molecular complexity index is 583. The summed E-state index contributed by atoms with van der Waals surface area (Å²) in [6, 6.07) is 4.80. The summed E-state index contributed by atoms with van der Waals surface area (Å²) in [7, 11) is 0. The number of hydrogen-bond acceptors (Lipinski definition) is 4. The molecule has 0 bridgehead atoms. The van der Waals surface area contributed by atoms with Crippen molar-refractivity contribution in [1.82, 2.24) is 5.32 Å². The second-order valence-electron chi connectivity index (χ2n) is 4.01. The van der Waals surface area contributed by atoms with Gasteiger partial charge in [-0.25, -0.2) is 4.79 Å². The lowest BCUT2D eigenvalue weighted by atomic mass is 10.1. The molecular formula is C13H11Br2NO5. The Hall–Kier alpha value is -1.67. The average Bonchev–Trinajstić information content (AvgIpc) is 2.46. The molecule has 1 aromatic rings. The molecule has 0 fully saturated rings. The molecule has 0 heterocycles. The zero-order valence-electron chi connectivity index (χ0n) is 10.5. The number of halogens is 2. The summed E-state index contributed by atoms with van der Waals surface area (Å²) in [5.41, 5.74) is 0.634. The Labute approximate surface area is 137 Å². The Morgan fingerprint density at radius 2 is 1.81 bits per heavy atom. The van der Waals surface area contributed by atoms with Gasteiger partial charge in [-0.2, -0.15) is 0 Å². The molecule has 0 radical (unpaired) electrons. The summed E-state index contributed by atoms with van der Waals surface area (Å²) < 4.78 is -0.108. The molecule has 3 N–H and O–H groups in total. The molecule has 1 amide bonds. The monoisotopic (exact) mass is 419 g/mol. The van der Waals surface area contributed by atoms with Gasteiger partial charge >= 0.3 is 5.97 Å². The lowest BCUT2D eigenvalue weighted by molar-refractivity contribution is -0.141. The first-order chi connectivity index (χ1) is 9.85. The summed E-state index contributed by atoms with van der Waals surface area (Å²) in [4.78, 5) is 33.5. The number of hydrogen-bond donors (Lipinski definition) is 3. The van der Waals surface area contributed by atoms with Crippen LogP contribution in [0, 0.1) is 0 Å². The van der Waals surface area contributed by atoms with Crippen LogP contribution in [0.1, 0.15) is 5.56 Å². The standard InChI is InChI=1S/C13H11Br2NO5/c14-9(6-17)11(15)12(19)16-10(13(20)21)5-7-1-3-8(18)4-2-7/h1-4,6,10,18H,5H2,(H,16,19)(H,20,21)/b11-9-. The van der Waals surface area contributed by atoms with E-state index in [1.54, 1.807) is 12.1 Å². The number of phenols is 1. The highest BCUT2D eigenvalue weighted by Gasteiger charge is 2.22. The van der Waals surface area contributed by atoms with Gasteiger partial charge in [0.25, 0.3) is 5.91 Å². The fourth-order valence-electron chi connectivity index (χ4n) is 1.45. The highest BCUT2D eigenvalue weighted by atomic mass is 79.9. The van der Waals surface area contributed by atoms with Crippen molar-refractivity contribution in [2.45, 2.75) is 12.5 Å². The number of carbonyl (C=O) groups excluding carboxylic acids is 2. The van der Waals surface area contributed by atoms with Gasteiger partial charge in [0.1, 0.15) is 11.8 Å². The molecule has 112 valence electrons. The van der Waals surface area contributed by atoms with E-state index in [0.717, 1.165) is 0 Å². The van der Waals surface area contributed by atoms with Crippen molar-refractivity contribution in [3.05, 3.63) is 38.8 Å². The Kier molecular flexibility index (Phi) is 6.57. The highest BCUT2D eigenvalue weighted by molar-refractivity contribution is 9.14. The van der Waals surface area contributed by atoms with Crippen molar-refractivity contribution >= 4 is 50.0 Å². The van der Waals surface area contributed by atoms with Crippen molar-refractivity contribution in [1.29, 1.82) is 0 Å². The third-order valence-electron chi connectivity index (χ3n) is 2.49. The second-order valence-corrected chi connectivity index (χ2v) is 5.66. The molecule has 0 spiro atoms. The molecule has 8 heteroatoms. The average molecular weight is 421 g/mol. The maximum Gasteiger partial charge on any atom is 0.326 e. The topological polar surface area (TPSA) is 104 Å². The van der Waals surface area contributed by atoms with Crippen LogP contribution in [-0.2, 0) is 20.8 Å². The van der Waals surface area contributed by atoms with Crippen molar-refractivity contribution in [3.8, 4) is 5.75 Å². The van der Waals surface area contributed by atoms with Gasteiger partial charge in [-0.3, -0.25) is 9.59 Å². The van der Waals surface area contributed by atoms with Crippen molar-refractivity contribution in [3.63, 3.8) is 0 Å². The van der Waals surface area contributed by atoms with E-state index < -0.39 is 17.9 Å². The number of carboxylic acid groups (broad SMARTS) is 1. The number of carbonyl (C=O) groups is 3. The van der Waals surface area contributed by atoms with Gasteiger partial charge < -0.3 is 15.5 Å². The predicted octanol–water partition coefficient (Wildman–Crippen LogP) is 1.70. The van der Waals surface area contributed by atoms with Crippen LogP contribution in [0.15, 0.2) is 33.2 Å². The maximum atomic E-state index is 11.8. The van der Waals surface area contributed by atoms with Crippen molar-refractivity contribution in [2.75, 3.05) is 0 Å². The first kappa shape index (κ1) is 17.4. The molecular weight excluding hydrogens is 410 g/mol. The minimum atomic E-state index is -1.21. The van der Waals surface area contributed by atoms with Gasteiger partial charge in [-0.05, 0) is 49.6 Å². The first-order valence-corrected chi connectivity index (χ1v) is 7.25. The van der Waals surface area contributed by atoms with E-state index in [1.807, 2.05) is 0 Å². The van der Waals surface area contributed by atoms with Crippen LogP contribution in [0.2, 0.25) is 0 Å². The van der Waals surface area contributed by atoms with Crippen LogP contribution in [0.25, 0.3) is 0 Å². The minimum Gasteiger partial charge on any atom is -0.508 e. The Morgan fingerprint density at radius 3 is 2.29 bits per heavy atom. The van der Waals surface area contributed by atoms with Gasteiger partial charge in [0.15, 0.2) is 6.29 Å². The zero-order valence-corrected chi connectivity index (χ0v) is 13.7. The SMILES string of the molecule is O=C/C(Br)=C(/Br)C(=O)NC(Cc1ccc(O)cc1)C(=O)O. The number of benzene rings is 1. The molecule has 0 aliphatic rings. The number of carboxylic acids is 1. The lowest BCUT2D eigenvalue weighted by Crippen LogP contribution is -2.42. The smallest absolute Gasteiger partial charge is 0.326 e. The molecule has 1 atom stereocenters.